The van der Waals surface area contributed by atoms with E-state index in [4.69, 9.17) is 11.6 Å². The van der Waals surface area contributed by atoms with Gasteiger partial charge in [-0.25, -0.2) is 0 Å². The maximum atomic E-state index is 10.6. The molecule has 3 heteroatoms. The third-order valence-corrected chi connectivity index (χ3v) is 2.25. The van der Waals surface area contributed by atoms with Crippen molar-refractivity contribution in [1.29, 1.82) is 0 Å². The van der Waals surface area contributed by atoms with Gasteiger partial charge >= 0.3 is 0 Å². The average Bonchev–Trinajstić information content (AvgIpc) is 2.01. The van der Waals surface area contributed by atoms with Crippen LogP contribution >= 0.6 is 11.6 Å². The van der Waals surface area contributed by atoms with Crippen molar-refractivity contribution in [3.05, 3.63) is 34.9 Å². The summed E-state index contributed by atoms with van der Waals surface area (Å²) in [5, 5.41) is 3.52. The highest BCUT2D eigenvalue weighted by molar-refractivity contribution is 6.30. The van der Waals surface area contributed by atoms with Gasteiger partial charge in [-0.1, -0.05) is 23.7 Å². The molecule has 12 heavy (non-hydrogen) atoms. The lowest BCUT2D eigenvalue weighted by atomic mass is 9.98. The first kappa shape index (κ1) is 7.62. The standard InChI is InChI=1S/C9H8ClNO/c10-7-3-1-6(2-4-7)8-5-9(12)11-8/h1-4,8H,5H2,(H,11,12). The van der Waals surface area contributed by atoms with Gasteiger partial charge in [-0.2, -0.15) is 0 Å². The van der Waals surface area contributed by atoms with Crippen LogP contribution in [0, 0.1) is 0 Å². The Morgan fingerprint density at radius 3 is 2.42 bits per heavy atom. The van der Waals surface area contributed by atoms with E-state index < -0.39 is 0 Å². The first-order chi connectivity index (χ1) is 5.75. The molecule has 0 aromatic heterocycles. The van der Waals surface area contributed by atoms with Crippen LogP contribution in [0.3, 0.4) is 0 Å². The molecule has 0 spiro atoms. The summed E-state index contributed by atoms with van der Waals surface area (Å²) in [6.07, 6.45) is 0.599. The van der Waals surface area contributed by atoms with Crippen LogP contribution in [0.1, 0.15) is 18.0 Å². The van der Waals surface area contributed by atoms with E-state index >= 15 is 0 Å². The van der Waals surface area contributed by atoms with Gasteiger partial charge in [0.1, 0.15) is 0 Å². The van der Waals surface area contributed by atoms with E-state index in [1.807, 2.05) is 24.3 Å². The average molecular weight is 182 g/mol. The maximum absolute atomic E-state index is 10.6. The van der Waals surface area contributed by atoms with Crippen molar-refractivity contribution in [1.82, 2.24) is 5.32 Å². The summed E-state index contributed by atoms with van der Waals surface area (Å²) in [5.74, 6) is 0.120. The number of benzene rings is 1. The van der Waals surface area contributed by atoms with Crippen LogP contribution in [0.15, 0.2) is 24.3 Å². The van der Waals surface area contributed by atoms with Crippen LogP contribution in [0.5, 0.6) is 0 Å². The van der Waals surface area contributed by atoms with Gasteiger partial charge < -0.3 is 5.32 Å². The van der Waals surface area contributed by atoms with E-state index in [1.54, 1.807) is 0 Å². The third kappa shape index (κ3) is 1.30. The summed E-state index contributed by atoms with van der Waals surface area (Å²) < 4.78 is 0. The lowest BCUT2D eigenvalue weighted by molar-refractivity contribution is -0.128. The van der Waals surface area contributed by atoms with Gasteiger partial charge in [-0.15, -0.1) is 0 Å². The monoisotopic (exact) mass is 181 g/mol. The Kier molecular flexibility index (Phi) is 1.77. The van der Waals surface area contributed by atoms with Gasteiger partial charge in [0.25, 0.3) is 0 Å². The van der Waals surface area contributed by atoms with E-state index in [0.717, 1.165) is 10.6 Å². The van der Waals surface area contributed by atoms with E-state index in [2.05, 4.69) is 5.32 Å². The largest absolute Gasteiger partial charge is 0.349 e. The van der Waals surface area contributed by atoms with E-state index in [0.29, 0.717) is 6.42 Å². The Labute approximate surface area is 75.5 Å². The fraction of sp³-hybridized carbons (Fsp3) is 0.222. The molecule has 2 nitrogen and oxygen atoms in total. The van der Waals surface area contributed by atoms with Crippen molar-refractivity contribution in [3.8, 4) is 0 Å². The molecule has 1 atom stereocenters. The minimum Gasteiger partial charge on any atom is -0.349 e. The second kappa shape index (κ2) is 2.79. The van der Waals surface area contributed by atoms with Crippen LogP contribution in [-0.4, -0.2) is 5.91 Å². The highest BCUT2D eigenvalue weighted by Crippen LogP contribution is 2.24. The van der Waals surface area contributed by atoms with Crippen molar-refractivity contribution < 1.29 is 4.79 Å². The zero-order valence-corrected chi connectivity index (χ0v) is 7.14. The molecular formula is C9H8ClNO. The summed E-state index contributed by atoms with van der Waals surface area (Å²) in [4.78, 5) is 10.6. The molecule has 1 saturated heterocycles. The fourth-order valence-electron chi connectivity index (χ4n) is 1.25. The summed E-state index contributed by atoms with van der Waals surface area (Å²) in [6, 6.07) is 7.75. The molecule has 62 valence electrons. The smallest absolute Gasteiger partial charge is 0.222 e. The summed E-state index contributed by atoms with van der Waals surface area (Å²) in [6.45, 7) is 0. The third-order valence-electron chi connectivity index (χ3n) is 2.00. The van der Waals surface area contributed by atoms with Crippen LogP contribution in [0.4, 0.5) is 0 Å². The predicted octanol–water partition coefficient (Wildman–Crippen LogP) is 1.90. The van der Waals surface area contributed by atoms with Crippen LogP contribution in [0.25, 0.3) is 0 Å². The van der Waals surface area contributed by atoms with E-state index in [-0.39, 0.29) is 11.9 Å². The molecule has 2 rings (SSSR count). The van der Waals surface area contributed by atoms with Gasteiger partial charge in [0.15, 0.2) is 0 Å². The zero-order valence-electron chi connectivity index (χ0n) is 6.38. The van der Waals surface area contributed by atoms with Crippen molar-refractivity contribution >= 4 is 17.5 Å². The lowest BCUT2D eigenvalue weighted by Gasteiger charge is -2.27. The second-order valence-corrected chi connectivity index (χ2v) is 3.31. The number of halogens is 1. The molecular weight excluding hydrogens is 174 g/mol. The Bertz CT molecular complexity index is 299. The van der Waals surface area contributed by atoms with Crippen molar-refractivity contribution in [2.45, 2.75) is 12.5 Å². The Balaban J connectivity index is 2.14. The molecule has 1 N–H and O–H groups in total. The molecule has 0 bridgehead atoms. The van der Waals surface area contributed by atoms with Crippen molar-refractivity contribution in [2.24, 2.45) is 0 Å². The van der Waals surface area contributed by atoms with Crippen molar-refractivity contribution in [3.63, 3.8) is 0 Å². The number of hydrogen-bond donors (Lipinski definition) is 1. The zero-order chi connectivity index (χ0) is 8.55. The first-order valence-corrected chi connectivity index (χ1v) is 4.18. The highest BCUT2D eigenvalue weighted by atomic mass is 35.5. The molecule has 1 aliphatic heterocycles. The molecule has 1 aromatic rings. The van der Waals surface area contributed by atoms with E-state index in [9.17, 15) is 4.79 Å². The molecule has 0 saturated carbocycles. The van der Waals surface area contributed by atoms with Gasteiger partial charge in [0.05, 0.1) is 12.5 Å². The predicted molar refractivity (Wildman–Crippen MR) is 47.0 cm³/mol. The number of amides is 1. The molecule has 1 amide bonds. The summed E-state index contributed by atoms with van der Waals surface area (Å²) in [7, 11) is 0. The number of nitrogens with one attached hydrogen (secondary N) is 1. The molecule has 1 aliphatic rings. The van der Waals surface area contributed by atoms with Gasteiger partial charge in [0.2, 0.25) is 5.91 Å². The Hall–Kier alpha value is -1.02. The maximum Gasteiger partial charge on any atom is 0.222 e. The van der Waals surface area contributed by atoms with Crippen LogP contribution in [0.2, 0.25) is 5.02 Å². The van der Waals surface area contributed by atoms with Gasteiger partial charge in [0, 0.05) is 5.02 Å². The Morgan fingerprint density at radius 2 is 1.92 bits per heavy atom. The van der Waals surface area contributed by atoms with Gasteiger partial charge in [-0.05, 0) is 17.7 Å². The van der Waals surface area contributed by atoms with Crippen LogP contribution in [-0.2, 0) is 4.79 Å². The van der Waals surface area contributed by atoms with Crippen molar-refractivity contribution in [2.75, 3.05) is 0 Å². The fourth-order valence-corrected chi connectivity index (χ4v) is 1.38. The Morgan fingerprint density at radius 1 is 1.33 bits per heavy atom. The quantitative estimate of drug-likeness (QED) is 0.659. The molecule has 1 unspecified atom stereocenters. The normalized spacial score (nSPS) is 21.4. The topological polar surface area (TPSA) is 29.1 Å². The SMILES string of the molecule is O=C1CC(c2ccc(Cl)cc2)N1. The molecule has 1 heterocycles. The molecule has 1 aromatic carbocycles. The number of carbonyl (C=O) groups excluding carboxylic acids is 1. The number of rotatable bonds is 1. The summed E-state index contributed by atoms with van der Waals surface area (Å²) in [5.41, 5.74) is 1.12. The minimum atomic E-state index is 0.120. The van der Waals surface area contributed by atoms with Gasteiger partial charge in [-0.3, -0.25) is 4.79 Å². The molecule has 1 fully saturated rings. The number of β-lactam (4-membered cyclic amide) rings is 1. The number of carbonyl (C=O) groups is 1. The lowest BCUT2D eigenvalue weighted by Crippen LogP contribution is -2.41. The first-order valence-electron chi connectivity index (χ1n) is 3.80. The highest BCUT2D eigenvalue weighted by Gasteiger charge is 2.26. The second-order valence-electron chi connectivity index (χ2n) is 2.88. The number of hydrogen-bond acceptors (Lipinski definition) is 1. The minimum absolute atomic E-state index is 0.120. The molecule has 0 radical (unpaired) electrons. The van der Waals surface area contributed by atoms with E-state index in [1.165, 1.54) is 0 Å². The summed E-state index contributed by atoms with van der Waals surface area (Å²) >= 11 is 5.72. The van der Waals surface area contributed by atoms with Crippen LogP contribution < -0.4 is 5.32 Å². The molecule has 0 aliphatic carbocycles.